The number of hydrogen-bond donors (Lipinski definition) is 1. The maximum absolute atomic E-state index is 9.79. The zero-order chi connectivity index (χ0) is 3.70. The van der Waals surface area contributed by atoms with E-state index in [0.29, 0.717) is 0 Å². The second-order valence-corrected chi connectivity index (χ2v) is 1.10. The van der Waals surface area contributed by atoms with Crippen molar-refractivity contribution < 1.29 is 27.2 Å². The van der Waals surface area contributed by atoms with Crippen LogP contribution < -0.4 is 5.32 Å². The van der Waals surface area contributed by atoms with Gasteiger partial charge in [0.25, 0.3) is 0 Å². The maximum atomic E-state index is 9.79. The van der Waals surface area contributed by atoms with Crippen LogP contribution in [0.3, 0.4) is 0 Å². The molecule has 1 fully saturated rings. The van der Waals surface area contributed by atoms with Crippen LogP contribution in [0.4, 0.5) is 0 Å². The van der Waals surface area contributed by atoms with E-state index in [1.54, 1.807) is 0 Å². The third kappa shape index (κ3) is 1.13. The molecule has 1 amide bonds. The van der Waals surface area contributed by atoms with Crippen molar-refractivity contribution in [1.29, 1.82) is 0 Å². The molecule has 0 aliphatic carbocycles. The molecule has 0 aromatic carbocycles. The normalized spacial score (nSPS) is 17.0. The molecule has 0 atom stereocenters. The summed E-state index contributed by atoms with van der Waals surface area (Å²) in [7, 11) is 0. The fourth-order valence-electron chi connectivity index (χ4n) is 0.227. The first-order valence-corrected chi connectivity index (χ1v) is 1.66. The molecule has 1 heterocycles. The van der Waals surface area contributed by atoms with Crippen LogP contribution in [-0.2, 0) is 27.2 Å². The van der Waals surface area contributed by atoms with Gasteiger partial charge in [0.2, 0.25) is 5.91 Å². The summed E-state index contributed by atoms with van der Waals surface area (Å²) < 4.78 is 0. The number of amides is 1. The molecule has 1 radical (unpaired) electrons. The average molecular weight is 179 g/mol. The van der Waals surface area contributed by atoms with Gasteiger partial charge in [-0.15, -0.1) is 0 Å². The molecule has 1 aliphatic heterocycles. The Balaban J connectivity index is 0.000000250. The Hall–Kier alpha value is 0.210. The van der Waals surface area contributed by atoms with Crippen LogP contribution in [0.25, 0.3) is 0 Å². The van der Waals surface area contributed by atoms with E-state index in [4.69, 9.17) is 0 Å². The van der Waals surface area contributed by atoms with Crippen molar-refractivity contribution in [2.24, 2.45) is 0 Å². The zero-order valence-electron chi connectivity index (χ0n) is 3.12. The van der Waals surface area contributed by atoms with Gasteiger partial charge in [-0.05, 0) is 0 Å². The second kappa shape index (κ2) is 2.39. The van der Waals surface area contributed by atoms with Crippen molar-refractivity contribution in [3.63, 3.8) is 0 Å². The van der Waals surface area contributed by atoms with Crippen LogP contribution >= 0.6 is 0 Å². The van der Waals surface area contributed by atoms with E-state index >= 15 is 0 Å². The second-order valence-electron chi connectivity index (χ2n) is 1.10. The molecule has 0 aromatic heterocycles. The fourth-order valence-corrected chi connectivity index (χ4v) is 0.227. The number of carbonyl (C=O) groups excluding carboxylic acids is 1. The molecular weight excluding hydrogens is 174 g/mol. The number of nitrogens with one attached hydrogen (secondary N) is 1. The van der Waals surface area contributed by atoms with E-state index in [9.17, 15) is 4.79 Å². The van der Waals surface area contributed by atoms with E-state index in [1.165, 1.54) is 0 Å². The summed E-state index contributed by atoms with van der Waals surface area (Å²) in [6.07, 6.45) is 0.736. The Morgan fingerprint density at radius 1 is 1.67 bits per heavy atom. The van der Waals surface area contributed by atoms with Gasteiger partial charge in [0.1, 0.15) is 0 Å². The van der Waals surface area contributed by atoms with Gasteiger partial charge in [-0.3, -0.25) is 4.79 Å². The van der Waals surface area contributed by atoms with E-state index in [2.05, 4.69) is 5.32 Å². The van der Waals surface area contributed by atoms with Crippen molar-refractivity contribution in [3.8, 4) is 0 Å². The average Bonchev–Trinajstić information content (AvgIpc) is 1.30. The summed E-state index contributed by atoms with van der Waals surface area (Å²) >= 11 is 0. The minimum atomic E-state index is 0. The first-order valence-electron chi connectivity index (χ1n) is 1.66. The zero-order valence-corrected chi connectivity index (χ0v) is 4.61. The first kappa shape index (κ1) is 6.21. The number of β-lactam (4-membered cyclic amide) rings is 1. The Labute approximate surface area is 51.8 Å². The Bertz CT molecular complexity index is 57.8. The molecule has 6 heavy (non-hydrogen) atoms. The van der Waals surface area contributed by atoms with Gasteiger partial charge in [-0.2, -0.15) is 0 Å². The number of hydrogen-bond acceptors (Lipinski definition) is 1. The summed E-state index contributed by atoms with van der Waals surface area (Å²) in [6.45, 7) is 0.888. The van der Waals surface area contributed by atoms with Gasteiger partial charge in [-0.25, -0.2) is 0 Å². The Morgan fingerprint density at radius 3 is 2.00 bits per heavy atom. The summed E-state index contributed by atoms with van der Waals surface area (Å²) in [5, 5.41) is 2.57. The van der Waals surface area contributed by atoms with Crippen molar-refractivity contribution in [2.45, 2.75) is 6.42 Å². The van der Waals surface area contributed by atoms with Crippen molar-refractivity contribution in [1.82, 2.24) is 5.32 Å². The molecule has 39 valence electrons. The first-order chi connectivity index (χ1) is 2.39. The van der Waals surface area contributed by atoms with Gasteiger partial charge >= 0.3 is 0 Å². The largest absolute Gasteiger partial charge is 0.356 e. The van der Waals surface area contributed by atoms with E-state index in [0.717, 1.165) is 13.0 Å². The maximum Gasteiger partial charge on any atom is 0.221 e. The molecule has 0 saturated carbocycles. The molecule has 1 saturated heterocycles. The molecule has 1 rings (SSSR count). The van der Waals surface area contributed by atoms with Crippen molar-refractivity contribution >= 4 is 5.91 Å². The van der Waals surface area contributed by atoms with E-state index in [1.807, 2.05) is 0 Å². The standard InChI is InChI=1S/C3H5NO.Ag/c5-3-1-2-4-3;/h1-2H2,(H,4,5);. The number of carbonyl (C=O) groups is 1. The minimum Gasteiger partial charge on any atom is -0.356 e. The Kier molecular flexibility index (Phi) is 2.48. The SMILES string of the molecule is O=C1CCN1.[Ag]. The smallest absolute Gasteiger partial charge is 0.221 e. The fraction of sp³-hybridized carbons (Fsp3) is 0.667. The molecular formula is C3H5AgNO. The van der Waals surface area contributed by atoms with Gasteiger partial charge in [0.15, 0.2) is 0 Å². The minimum absolute atomic E-state index is 0. The van der Waals surface area contributed by atoms with E-state index in [-0.39, 0.29) is 28.3 Å². The van der Waals surface area contributed by atoms with Crippen LogP contribution in [0.5, 0.6) is 0 Å². The molecule has 2 nitrogen and oxygen atoms in total. The van der Waals surface area contributed by atoms with Crippen molar-refractivity contribution in [3.05, 3.63) is 0 Å². The van der Waals surface area contributed by atoms with Crippen LogP contribution in [-0.4, -0.2) is 12.5 Å². The predicted octanol–water partition coefficient (Wildman–Crippen LogP) is -0.496. The summed E-state index contributed by atoms with van der Waals surface area (Å²) in [5.41, 5.74) is 0. The van der Waals surface area contributed by atoms with Gasteiger partial charge in [0.05, 0.1) is 0 Å². The Morgan fingerprint density at radius 2 is 2.00 bits per heavy atom. The molecule has 0 bridgehead atoms. The molecule has 0 unspecified atom stereocenters. The summed E-state index contributed by atoms with van der Waals surface area (Å²) in [4.78, 5) is 9.79. The van der Waals surface area contributed by atoms with Crippen molar-refractivity contribution in [2.75, 3.05) is 6.54 Å². The van der Waals surface area contributed by atoms with Gasteiger partial charge < -0.3 is 5.32 Å². The van der Waals surface area contributed by atoms with Crippen LogP contribution in [0.1, 0.15) is 6.42 Å². The topological polar surface area (TPSA) is 29.1 Å². The number of rotatable bonds is 0. The molecule has 1 aliphatic rings. The third-order valence-corrected chi connectivity index (χ3v) is 0.674. The molecule has 1 N–H and O–H groups in total. The van der Waals surface area contributed by atoms with Crippen LogP contribution in [0.2, 0.25) is 0 Å². The van der Waals surface area contributed by atoms with Gasteiger partial charge in [0, 0.05) is 35.3 Å². The van der Waals surface area contributed by atoms with Crippen LogP contribution in [0.15, 0.2) is 0 Å². The van der Waals surface area contributed by atoms with E-state index < -0.39 is 0 Å². The molecule has 0 spiro atoms. The molecule has 3 heteroatoms. The quantitative estimate of drug-likeness (QED) is 0.394. The monoisotopic (exact) mass is 178 g/mol. The summed E-state index contributed by atoms with van der Waals surface area (Å²) in [5.74, 6) is 0.185. The molecule has 0 aromatic rings. The van der Waals surface area contributed by atoms with Gasteiger partial charge in [-0.1, -0.05) is 0 Å². The predicted molar refractivity (Wildman–Crippen MR) is 17.6 cm³/mol. The van der Waals surface area contributed by atoms with Crippen LogP contribution in [0, 0.1) is 0 Å². The third-order valence-electron chi connectivity index (χ3n) is 0.674. The summed E-state index contributed by atoms with van der Waals surface area (Å²) in [6, 6.07) is 0.